The Kier molecular flexibility index (Phi) is 4.28. The van der Waals surface area contributed by atoms with E-state index in [1.807, 2.05) is 14.0 Å². The van der Waals surface area contributed by atoms with E-state index in [9.17, 15) is 9.18 Å². The number of piperazine rings is 1. The highest BCUT2D eigenvalue weighted by Gasteiger charge is 2.28. The van der Waals surface area contributed by atoms with E-state index in [0.29, 0.717) is 17.9 Å². The highest BCUT2D eigenvalue weighted by Crippen LogP contribution is 2.24. The Labute approximate surface area is 119 Å². The number of carbonyl (C=O) groups is 1. The second-order valence-electron chi connectivity index (χ2n) is 5.41. The largest absolute Gasteiger partial charge is 0.496 e. The summed E-state index contributed by atoms with van der Waals surface area (Å²) >= 11 is 0. The number of rotatable bonds is 2. The van der Waals surface area contributed by atoms with Crippen LogP contribution in [0.15, 0.2) is 12.1 Å². The van der Waals surface area contributed by atoms with Gasteiger partial charge in [0.05, 0.1) is 12.7 Å². The molecule has 1 atom stereocenters. The summed E-state index contributed by atoms with van der Waals surface area (Å²) in [7, 11) is 3.54. The van der Waals surface area contributed by atoms with Gasteiger partial charge in [-0.05, 0) is 38.6 Å². The first kappa shape index (κ1) is 14.8. The van der Waals surface area contributed by atoms with Crippen molar-refractivity contribution in [2.24, 2.45) is 0 Å². The summed E-state index contributed by atoms with van der Waals surface area (Å²) in [6.07, 6.45) is 0. The van der Waals surface area contributed by atoms with Gasteiger partial charge in [-0.3, -0.25) is 4.79 Å². The van der Waals surface area contributed by atoms with Crippen molar-refractivity contribution in [3.05, 3.63) is 29.1 Å². The second-order valence-corrected chi connectivity index (χ2v) is 5.41. The Morgan fingerprint density at radius 1 is 1.40 bits per heavy atom. The Morgan fingerprint density at radius 2 is 2.10 bits per heavy atom. The zero-order chi connectivity index (χ0) is 14.9. The van der Waals surface area contributed by atoms with Gasteiger partial charge in [-0.15, -0.1) is 0 Å². The van der Waals surface area contributed by atoms with E-state index in [0.717, 1.165) is 13.1 Å². The molecule has 0 bridgehead atoms. The number of likely N-dealkylation sites (N-methyl/N-ethyl adjacent to an activating group) is 1. The van der Waals surface area contributed by atoms with Crippen molar-refractivity contribution in [3.8, 4) is 5.75 Å². The van der Waals surface area contributed by atoms with Crippen molar-refractivity contribution in [3.63, 3.8) is 0 Å². The van der Waals surface area contributed by atoms with Crippen LogP contribution in [-0.4, -0.2) is 55.5 Å². The van der Waals surface area contributed by atoms with E-state index in [2.05, 4.69) is 4.90 Å². The normalized spacial score (nSPS) is 20.1. The van der Waals surface area contributed by atoms with Crippen molar-refractivity contribution >= 4 is 5.91 Å². The minimum Gasteiger partial charge on any atom is -0.496 e. The number of ether oxygens (including phenoxy) is 1. The summed E-state index contributed by atoms with van der Waals surface area (Å²) in [6, 6.07) is 2.93. The molecule has 1 aromatic rings. The lowest BCUT2D eigenvalue weighted by molar-refractivity contribution is 0.0528. The molecule has 1 saturated heterocycles. The molecule has 0 aromatic heterocycles. The third-order valence-electron chi connectivity index (χ3n) is 3.81. The maximum Gasteiger partial charge on any atom is 0.257 e. The van der Waals surface area contributed by atoms with Crippen molar-refractivity contribution in [1.82, 2.24) is 9.80 Å². The van der Waals surface area contributed by atoms with Crippen molar-refractivity contribution < 1.29 is 13.9 Å². The van der Waals surface area contributed by atoms with Crippen LogP contribution >= 0.6 is 0 Å². The van der Waals surface area contributed by atoms with Gasteiger partial charge < -0.3 is 14.5 Å². The average Bonchev–Trinajstić information content (AvgIpc) is 2.38. The molecule has 4 nitrogen and oxygen atoms in total. The molecule has 1 aromatic carbocycles. The molecule has 0 radical (unpaired) electrons. The van der Waals surface area contributed by atoms with Crippen LogP contribution in [0.4, 0.5) is 4.39 Å². The molecule has 1 fully saturated rings. The van der Waals surface area contributed by atoms with Crippen molar-refractivity contribution in [1.29, 1.82) is 0 Å². The third kappa shape index (κ3) is 2.77. The van der Waals surface area contributed by atoms with E-state index in [1.165, 1.54) is 19.2 Å². The number of aryl methyl sites for hydroxylation is 1. The molecule has 1 amide bonds. The first-order chi connectivity index (χ1) is 9.43. The quantitative estimate of drug-likeness (QED) is 0.829. The molecule has 0 spiro atoms. The molecular weight excluding hydrogens is 259 g/mol. The van der Waals surface area contributed by atoms with Gasteiger partial charge in [0.2, 0.25) is 0 Å². The Balaban J connectivity index is 2.29. The zero-order valence-electron chi connectivity index (χ0n) is 12.4. The molecule has 0 N–H and O–H groups in total. The number of hydrogen-bond acceptors (Lipinski definition) is 3. The predicted octanol–water partition coefficient (Wildman–Crippen LogP) is 1.92. The van der Waals surface area contributed by atoms with Gasteiger partial charge in [0.1, 0.15) is 11.6 Å². The number of carbonyl (C=O) groups excluding carboxylic acids is 1. The molecule has 1 aliphatic rings. The smallest absolute Gasteiger partial charge is 0.257 e. The van der Waals surface area contributed by atoms with Crippen molar-refractivity contribution in [2.45, 2.75) is 19.9 Å². The molecule has 2 rings (SSSR count). The topological polar surface area (TPSA) is 32.8 Å². The Bertz CT molecular complexity index is 519. The van der Waals surface area contributed by atoms with Crippen LogP contribution in [0.25, 0.3) is 0 Å². The molecule has 5 heteroatoms. The van der Waals surface area contributed by atoms with Crippen LogP contribution in [0, 0.1) is 12.7 Å². The summed E-state index contributed by atoms with van der Waals surface area (Å²) in [4.78, 5) is 16.4. The van der Waals surface area contributed by atoms with E-state index in [-0.39, 0.29) is 17.5 Å². The molecule has 0 aliphatic carbocycles. The number of benzene rings is 1. The van der Waals surface area contributed by atoms with Crippen LogP contribution in [0.2, 0.25) is 0 Å². The number of amides is 1. The zero-order valence-corrected chi connectivity index (χ0v) is 12.4. The third-order valence-corrected chi connectivity index (χ3v) is 3.81. The lowest BCUT2D eigenvalue weighted by Gasteiger charge is -2.38. The summed E-state index contributed by atoms with van der Waals surface area (Å²) in [5, 5.41) is 0. The van der Waals surface area contributed by atoms with Gasteiger partial charge in [0, 0.05) is 25.7 Å². The maximum atomic E-state index is 14.1. The van der Waals surface area contributed by atoms with E-state index in [4.69, 9.17) is 4.74 Å². The monoisotopic (exact) mass is 280 g/mol. The minimum atomic E-state index is -0.487. The van der Waals surface area contributed by atoms with E-state index >= 15 is 0 Å². The first-order valence-corrected chi connectivity index (χ1v) is 6.77. The molecule has 110 valence electrons. The minimum absolute atomic E-state index is 0.0768. The van der Waals surface area contributed by atoms with E-state index in [1.54, 1.807) is 11.8 Å². The fraction of sp³-hybridized carbons (Fsp3) is 0.533. The van der Waals surface area contributed by atoms with Crippen LogP contribution in [-0.2, 0) is 0 Å². The SMILES string of the molecule is COc1cc(C(=O)N2CCN(C)C[C@@H]2C)c(F)cc1C. The summed E-state index contributed by atoms with van der Waals surface area (Å²) in [5.41, 5.74) is 0.775. The van der Waals surface area contributed by atoms with Crippen LogP contribution in [0.1, 0.15) is 22.8 Å². The number of halogens is 1. The standard InChI is InChI=1S/C15H21FN2O2/c1-10-7-13(16)12(8-14(10)20-4)15(19)18-6-5-17(3)9-11(18)2/h7-8,11H,5-6,9H2,1-4H3/t11-/m0/s1. The Morgan fingerprint density at radius 3 is 2.70 bits per heavy atom. The molecule has 1 aliphatic heterocycles. The lowest BCUT2D eigenvalue weighted by atomic mass is 10.1. The van der Waals surface area contributed by atoms with E-state index < -0.39 is 5.82 Å². The maximum absolute atomic E-state index is 14.1. The Hall–Kier alpha value is -1.62. The summed E-state index contributed by atoms with van der Waals surface area (Å²) < 4.78 is 19.2. The van der Waals surface area contributed by atoms with Crippen LogP contribution in [0.3, 0.4) is 0 Å². The summed E-state index contributed by atoms with van der Waals surface area (Å²) in [6.45, 7) is 5.97. The second kappa shape index (κ2) is 5.79. The highest BCUT2D eigenvalue weighted by atomic mass is 19.1. The van der Waals surface area contributed by atoms with Gasteiger partial charge in [-0.1, -0.05) is 0 Å². The first-order valence-electron chi connectivity index (χ1n) is 6.77. The van der Waals surface area contributed by atoms with Gasteiger partial charge in [-0.2, -0.15) is 0 Å². The molecule has 0 saturated carbocycles. The number of nitrogens with zero attached hydrogens (tertiary/aromatic N) is 2. The molecule has 1 heterocycles. The van der Waals surface area contributed by atoms with Crippen LogP contribution in [0.5, 0.6) is 5.75 Å². The summed E-state index contributed by atoms with van der Waals surface area (Å²) in [5.74, 6) is -0.211. The fourth-order valence-corrected chi connectivity index (χ4v) is 2.63. The molecule has 0 unspecified atom stereocenters. The number of methoxy groups -OCH3 is 1. The number of hydrogen-bond donors (Lipinski definition) is 0. The predicted molar refractivity (Wildman–Crippen MR) is 75.7 cm³/mol. The van der Waals surface area contributed by atoms with Gasteiger partial charge in [0.25, 0.3) is 5.91 Å². The van der Waals surface area contributed by atoms with Gasteiger partial charge in [-0.25, -0.2) is 4.39 Å². The van der Waals surface area contributed by atoms with Crippen LogP contribution < -0.4 is 4.74 Å². The molecule has 20 heavy (non-hydrogen) atoms. The molecular formula is C15H21FN2O2. The average molecular weight is 280 g/mol. The van der Waals surface area contributed by atoms with Gasteiger partial charge >= 0.3 is 0 Å². The van der Waals surface area contributed by atoms with Gasteiger partial charge in [0.15, 0.2) is 0 Å². The fourth-order valence-electron chi connectivity index (χ4n) is 2.63. The lowest BCUT2D eigenvalue weighted by Crippen LogP contribution is -2.52. The van der Waals surface area contributed by atoms with Crippen molar-refractivity contribution in [2.75, 3.05) is 33.8 Å². The highest BCUT2D eigenvalue weighted by molar-refractivity contribution is 5.95.